The smallest absolute Gasteiger partial charge is 0.308 e. The molecule has 0 N–H and O–H groups in total. The molecule has 0 aromatic carbocycles. The van der Waals surface area contributed by atoms with Crippen LogP contribution in [-0.2, 0) is 19.1 Å². The Morgan fingerprint density at radius 3 is 1.69 bits per heavy atom. The summed E-state index contributed by atoms with van der Waals surface area (Å²) in [4.78, 5) is 24.2. The third-order valence-corrected chi connectivity index (χ3v) is 5.31. The van der Waals surface area contributed by atoms with E-state index >= 15 is 0 Å². The monoisotopic (exact) mass is 368 g/mol. The zero-order valence-electron chi connectivity index (χ0n) is 17.3. The maximum Gasteiger partial charge on any atom is 0.308 e. The fourth-order valence-corrected chi connectivity index (χ4v) is 3.51. The van der Waals surface area contributed by atoms with E-state index in [-0.39, 0.29) is 23.8 Å². The van der Waals surface area contributed by atoms with Crippen molar-refractivity contribution >= 4 is 11.9 Å². The van der Waals surface area contributed by atoms with E-state index in [4.69, 9.17) is 9.47 Å². The van der Waals surface area contributed by atoms with Crippen LogP contribution in [0.5, 0.6) is 0 Å². The van der Waals surface area contributed by atoms with Gasteiger partial charge in [-0.15, -0.1) is 0 Å². The maximum atomic E-state index is 12.2. The van der Waals surface area contributed by atoms with Gasteiger partial charge in [-0.1, -0.05) is 59.3 Å². The zero-order chi connectivity index (χ0) is 19.2. The molecule has 1 aliphatic rings. The van der Waals surface area contributed by atoms with Gasteiger partial charge in [0.2, 0.25) is 0 Å². The van der Waals surface area contributed by atoms with Gasteiger partial charge in [-0.05, 0) is 44.4 Å². The van der Waals surface area contributed by atoms with Crippen molar-refractivity contribution in [2.45, 2.75) is 97.8 Å². The minimum absolute atomic E-state index is 0.0263. The van der Waals surface area contributed by atoms with Crippen molar-refractivity contribution in [3.05, 3.63) is 0 Å². The molecule has 152 valence electrons. The summed E-state index contributed by atoms with van der Waals surface area (Å²) in [7, 11) is 0. The van der Waals surface area contributed by atoms with Gasteiger partial charge in [-0.2, -0.15) is 0 Å². The fourth-order valence-electron chi connectivity index (χ4n) is 3.51. The summed E-state index contributed by atoms with van der Waals surface area (Å²) in [5.41, 5.74) is 0. The Kier molecular flexibility index (Phi) is 12.4. The van der Waals surface area contributed by atoms with Crippen LogP contribution in [0.25, 0.3) is 0 Å². The molecule has 4 heteroatoms. The number of esters is 2. The minimum atomic E-state index is -0.0747. The van der Waals surface area contributed by atoms with Crippen LogP contribution >= 0.6 is 0 Å². The van der Waals surface area contributed by atoms with E-state index in [2.05, 4.69) is 20.8 Å². The first kappa shape index (κ1) is 23.0. The van der Waals surface area contributed by atoms with Crippen LogP contribution in [-0.4, -0.2) is 25.2 Å². The highest BCUT2D eigenvalue weighted by Gasteiger charge is 2.31. The second kappa shape index (κ2) is 14.1. The van der Waals surface area contributed by atoms with Crippen LogP contribution in [0.3, 0.4) is 0 Å². The fraction of sp³-hybridized carbons (Fsp3) is 0.909. The third-order valence-electron chi connectivity index (χ3n) is 5.31. The van der Waals surface area contributed by atoms with Crippen molar-refractivity contribution in [3.8, 4) is 0 Å². The summed E-state index contributed by atoms with van der Waals surface area (Å²) >= 11 is 0. The SMILES string of the molecule is CCCCCOC(=O)C1CCC(C(=O)OCCCCCCC(C)C)CC1. The van der Waals surface area contributed by atoms with Crippen molar-refractivity contribution < 1.29 is 19.1 Å². The molecule has 0 amide bonds. The largest absolute Gasteiger partial charge is 0.465 e. The molecule has 26 heavy (non-hydrogen) atoms. The highest BCUT2D eigenvalue weighted by atomic mass is 16.5. The van der Waals surface area contributed by atoms with Gasteiger partial charge in [0.05, 0.1) is 25.0 Å². The second-order valence-corrected chi connectivity index (χ2v) is 8.19. The number of unbranched alkanes of at least 4 members (excludes halogenated alkanes) is 5. The number of carbonyl (C=O) groups excluding carboxylic acids is 2. The lowest BCUT2D eigenvalue weighted by molar-refractivity contribution is -0.155. The summed E-state index contributed by atoms with van der Waals surface area (Å²) in [6.45, 7) is 7.71. The Morgan fingerprint density at radius 2 is 1.23 bits per heavy atom. The molecule has 4 nitrogen and oxygen atoms in total. The van der Waals surface area contributed by atoms with Crippen molar-refractivity contribution in [3.63, 3.8) is 0 Å². The van der Waals surface area contributed by atoms with E-state index in [0.29, 0.717) is 13.2 Å². The van der Waals surface area contributed by atoms with Crippen molar-refractivity contribution in [1.82, 2.24) is 0 Å². The lowest BCUT2D eigenvalue weighted by atomic mass is 9.82. The van der Waals surface area contributed by atoms with Crippen molar-refractivity contribution in [2.24, 2.45) is 17.8 Å². The van der Waals surface area contributed by atoms with Gasteiger partial charge in [0.1, 0.15) is 0 Å². The summed E-state index contributed by atoms with van der Waals surface area (Å²) < 4.78 is 10.8. The standard InChI is InChI=1S/C22H40O4/c1-4-5-9-16-25-21(23)19-12-14-20(15-13-19)22(24)26-17-10-7-6-8-11-18(2)3/h18-20H,4-17H2,1-3H3. The minimum Gasteiger partial charge on any atom is -0.465 e. The first-order valence-electron chi connectivity index (χ1n) is 10.9. The van der Waals surface area contributed by atoms with Gasteiger partial charge in [0.15, 0.2) is 0 Å². The van der Waals surface area contributed by atoms with Crippen LogP contribution in [0.15, 0.2) is 0 Å². The molecule has 0 unspecified atom stereocenters. The Morgan fingerprint density at radius 1 is 0.769 bits per heavy atom. The highest BCUT2D eigenvalue weighted by Crippen LogP contribution is 2.30. The molecular weight excluding hydrogens is 328 g/mol. The molecule has 0 aromatic heterocycles. The van der Waals surface area contributed by atoms with Crippen LogP contribution in [0, 0.1) is 17.8 Å². The van der Waals surface area contributed by atoms with Crippen LogP contribution in [0.1, 0.15) is 97.8 Å². The lowest BCUT2D eigenvalue weighted by Gasteiger charge is -2.26. The Labute approximate surface area is 160 Å². The van der Waals surface area contributed by atoms with E-state index < -0.39 is 0 Å². The molecule has 0 atom stereocenters. The number of carbonyl (C=O) groups is 2. The molecule has 0 spiro atoms. The molecule has 1 rings (SSSR count). The quantitative estimate of drug-likeness (QED) is 0.310. The predicted octanol–water partition coefficient (Wildman–Crippen LogP) is 5.68. The molecule has 1 fully saturated rings. The topological polar surface area (TPSA) is 52.6 Å². The van der Waals surface area contributed by atoms with Crippen molar-refractivity contribution in [1.29, 1.82) is 0 Å². The summed E-state index contributed by atoms with van der Waals surface area (Å²) in [6, 6.07) is 0. The molecule has 0 bridgehead atoms. The van der Waals surface area contributed by atoms with Crippen molar-refractivity contribution in [2.75, 3.05) is 13.2 Å². The number of rotatable bonds is 13. The number of hydrogen-bond acceptors (Lipinski definition) is 4. The second-order valence-electron chi connectivity index (χ2n) is 8.19. The molecular formula is C22H40O4. The van der Waals surface area contributed by atoms with E-state index in [0.717, 1.165) is 63.7 Å². The molecule has 1 saturated carbocycles. The molecule has 0 heterocycles. The summed E-state index contributed by atoms with van der Waals surface area (Å²) in [5, 5.41) is 0. The van der Waals surface area contributed by atoms with Gasteiger partial charge in [0.25, 0.3) is 0 Å². The zero-order valence-corrected chi connectivity index (χ0v) is 17.3. The van der Waals surface area contributed by atoms with Crippen LogP contribution < -0.4 is 0 Å². The first-order valence-corrected chi connectivity index (χ1v) is 10.9. The van der Waals surface area contributed by atoms with E-state index in [1.165, 1.54) is 19.3 Å². The van der Waals surface area contributed by atoms with E-state index in [1.807, 2.05) is 0 Å². The number of ether oxygens (including phenoxy) is 2. The van der Waals surface area contributed by atoms with Gasteiger partial charge in [-0.25, -0.2) is 0 Å². The molecule has 0 radical (unpaired) electrons. The summed E-state index contributed by atoms with van der Waals surface area (Å²) in [6.07, 6.45) is 12.1. The third kappa shape index (κ3) is 10.2. The lowest BCUT2D eigenvalue weighted by Crippen LogP contribution is -2.28. The molecule has 0 aliphatic heterocycles. The van der Waals surface area contributed by atoms with E-state index in [9.17, 15) is 9.59 Å². The number of hydrogen-bond donors (Lipinski definition) is 0. The maximum absolute atomic E-state index is 12.2. The highest BCUT2D eigenvalue weighted by molar-refractivity contribution is 5.75. The normalized spacial score (nSPS) is 20.2. The first-order chi connectivity index (χ1) is 12.5. The molecule has 1 aliphatic carbocycles. The average Bonchev–Trinajstić information content (AvgIpc) is 2.64. The van der Waals surface area contributed by atoms with Gasteiger partial charge in [0, 0.05) is 0 Å². The molecule has 0 saturated heterocycles. The van der Waals surface area contributed by atoms with Crippen LogP contribution in [0.4, 0.5) is 0 Å². The van der Waals surface area contributed by atoms with Crippen LogP contribution in [0.2, 0.25) is 0 Å². The van der Waals surface area contributed by atoms with E-state index in [1.54, 1.807) is 0 Å². The van der Waals surface area contributed by atoms with Gasteiger partial charge >= 0.3 is 11.9 Å². The molecule has 0 aromatic rings. The Balaban J connectivity index is 2.07. The van der Waals surface area contributed by atoms with Gasteiger partial charge in [-0.3, -0.25) is 9.59 Å². The summed E-state index contributed by atoms with van der Waals surface area (Å²) in [5.74, 6) is 0.578. The predicted molar refractivity (Wildman–Crippen MR) is 105 cm³/mol. The Bertz CT molecular complexity index is 384. The Hall–Kier alpha value is -1.06. The average molecular weight is 369 g/mol. The van der Waals surface area contributed by atoms with Gasteiger partial charge < -0.3 is 9.47 Å².